The molecule has 0 aliphatic heterocycles. The number of halogens is 4. The van der Waals surface area contributed by atoms with Crippen LogP contribution < -0.4 is 5.32 Å². The molecule has 110 valence electrons. The first-order valence-electron chi connectivity index (χ1n) is 5.92. The van der Waals surface area contributed by atoms with E-state index in [4.69, 9.17) is 0 Å². The summed E-state index contributed by atoms with van der Waals surface area (Å²) in [6.45, 7) is 0.111. The highest BCUT2D eigenvalue weighted by atomic mass is 79.9. The van der Waals surface area contributed by atoms with Gasteiger partial charge in [-0.25, -0.2) is 0 Å². The van der Waals surface area contributed by atoms with E-state index < -0.39 is 23.2 Å². The van der Waals surface area contributed by atoms with Crippen LogP contribution in [0.4, 0.5) is 13.2 Å². The number of nitrogens with zero attached hydrogens (tertiary/aromatic N) is 1. The third-order valence-corrected chi connectivity index (χ3v) is 3.20. The average Bonchev–Trinajstić information content (AvgIpc) is 2.45. The van der Waals surface area contributed by atoms with Crippen LogP contribution in [0.2, 0.25) is 0 Å². The second kappa shape index (κ2) is 6.26. The summed E-state index contributed by atoms with van der Waals surface area (Å²) in [6, 6.07) is 6.83. The molecule has 1 heterocycles. The van der Waals surface area contributed by atoms with Crippen LogP contribution in [0.15, 0.2) is 47.2 Å². The van der Waals surface area contributed by atoms with E-state index in [2.05, 4.69) is 26.2 Å². The lowest BCUT2D eigenvalue weighted by molar-refractivity contribution is -0.138. The third kappa shape index (κ3) is 4.04. The first-order valence-corrected chi connectivity index (χ1v) is 6.71. The lowest BCUT2D eigenvalue weighted by Crippen LogP contribution is -2.26. The van der Waals surface area contributed by atoms with Gasteiger partial charge in [0.05, 0.1) is 11.1 Å². The molecule has 7 heteroatoms. The molecule has 3 nitrogen and oxygen atoms in total. The molecule has 0 saturated heterocycles. The normalized spacial score (nSPS) is 11.2. The molecule has 0 aliphatic rings. The highest BCUT2D eigenvalue weighted by Crippen LogP contribution is 2.33. The van der Waals surface area contributed by atoms with Gasteiger partial charge in [-0.05, 0) is 29.8 Å². The van der Waals surface area contributed by atoms with Crippen LogP contribution >= 0.6 is 15.9 Å². The predicted molar refractivity (Wildman–Crippen MR) is 74.6 cm³/mol. The summed E-state index contributed by atoms with van der Waals surface area (Å²) < 4.78 is 39.1. The van der Waals surface area contributed by atoms with Crippen molar-refractivity contribution >= 4 is 21.8 Å². The summed E-state index contributed by atoms with van der Waals surface area (Å²) >= 11 is 2.97. The zero-order valence-corrected chi connectivity index (χ0v) is 12.2. The monoisotopic (exact) mass is 358 g/mol. The highest BCUT2D eigenvalue weighted by molar-refractivity contribution is 9.10. The van der Waals surface area contributed by atoms with E-state index >= 15 is 0 Å². The van der Waals surface area contributed by atoms with Gasteiger partial charge in [0, 0.05) is 23.4 Å². The fourth-order valence-corrected chi connectivity index (χ4v) is 2.09. The van der Waals surface area contributed by atoms with Crippen LogP contribution in [0.1, 0.15) is 21.5 Å². The number of carbonyl (C=O) groups excluding carboxylic acids is 1. The van der Waals surface area contributed by atoms with Crippen molar-refractivity contribution in [2.45, 2.75) is 12.7 Å². The van der Waals surface area contributed by atoms with E-state index in [0.29, 0.717) is 5.56 Å². The Kier molecular flexibility index (Phi) is 4.62. The van der Waals surface area contributed by atoms with Gasteiger partial charge in [-0.15, -0.1) is 0 Å². The molecule has 0 atom stereocenters. The van der Waals surface area contributed by atoms with Crippen LogP contribution in [-0.2, 0) is 12.7 Å². The van der Waals surface area contributed by atoms with Crippen molar-refractivity contribution in [2.24, 2.45) is 0 Å². The van der Waals surface area contributed by atoms with Crippen molar-refractivity contribution in [3.63, 3.8) is 0 Å². The number of pyridine rings is 1. The van der Waals surface area contributed by atoms with Crippen LogP contribution in [0.5, 0.6) is 0 Å². The fourth-order valence-electron chi connectivity index (χ4n) is 1.73. The van der Waals surface area contributed by atoms with Gasteiger partial charge in [-0.2, -0.15) is 13.2 Å². The van der Waals surface area contributed by atoms with Gasteiger partial charge >= 0.3 is 6.18 Å². The highest BCUT2D eigenvalue weighted by Gasteiger charge is 2.35. The first-order chi connectivity index (χ1) is 9.88. The lowest BCUT2D eigenvalue weighted by atomic mass is 10.1. The Bertz CT molecular complexity index is 644. The summed E-state index contributed by atoms with van der Waals surface area (Å²) in [6.07, 6.45) is -1.49. The molecule has 0 spiro atoms. The maximum absolute atomic E-state index is 12.9. The van der Waals surface area contributed by atoms with Gasteiger partial charge < -0.3 is 5.32 Å². The first kappa shape index (κ1) is 15.5. The number of hydrogen-bond donors (Lipinski definition) is 1. The number of carbonyl (C=O) groups is 1. The number of hydrogen-bond acceptors (Lipinski definition) is 2. The van der Waals surface area contributed by atoms with Gasteiger partial charge in [0.25, 0.3) is 5.91 Å². The number of rotatable bonds is 3. The Balaban J connectivity index is 2.20. The molecule has 21 heavy (non-hydrogen) atoms. The minimum absolute atomic E-state index is 0.111. The molecule has 1 aromatic carbocycles. The Morgan fingerprint density at radius 2 is 2.05 bits per heavy atom. The number of amides is 1. The van der Waals surface area contributed by atoms with Gasteiger partial charge in [0.1, 0.15) is 0 Å². The molecule has 0 aliphatic carbocycles. The molecule has 0 fully saturated rings. The standard InChI is InChI=1S/C14H10BrF3N2O/c15-10-3-4-11(12(6-10)14(16,17)18)13(21)20-8-9-2-1-5-19-7-9/h1-7H,8H2,(H,20,21). The fraction of sp³-hybridized carbons (Fsp3) is 0.143. The second-order valence-electron chi connectivity index (χ2n) is 4.23. The third-order valence-electron chi connectivity index (χ3n) is 2.71. The van der Waals surface area contributed by atoms with Crippen molar-refractivity contribution in [3.8, 4) is 0 Å². The predicted octanol–water partition coefficient (Wildman–Crippen LogP) is 3.79. The minimum Gasteiger partial charge on any atom is -0.348 e. The van der Waals surface area contributed by atoms with E-state index in [-0.39, 0.29) is 11.0 Å². The van der Waals surface area contributed by atoms with Gasteiger partial charge in [0.2, 0.25) is 0 Å². The van der Waals surface area contributed by atoms with Crippen LogP contribution in [0.3, 0.4) is 0 Å². The molecule has 1 N–H and O–H groups in total. The SMILES string of the molecule is O=C(NCc1cccnc1)c1ccc(Br)cc1C(F)(F)F. The molecule has 2 aromatic rings. The molecule has 0 bridgehead atoms. The van der Waals surface area contributed by atoms with E-state index in [9.17, 15) is 18.0 Å². The van der Waals surface area contributed by atoms with Crippen LogP contribution in [-0.4, -0.2) is 10.9 Å². The molecular weight excluding hydrogens is 349 g/mol. The lowest BCUT2D eigenvalue weighted by Gasteiger charge is -2.13. The number of benzene rings is 1. The zero-order valence-electron chi connectivity index (χ0n) is 10.6. The summed E-state index contributed by atoms with van der Waals surface area (Å²) in [7, 11) is 0. The number of aromatic nitrogens is 1. The Labute approximate surface area is 127 Å². The molecule has 0 saturated carbocycles. The Morgan fingerprint density at radius 1 is 1.29 bits per heavy atom. The maximum atomic E-state index is 12.9. The molecular formula is C14H10BrF3N2O. The van der Waals surface area contributed by atoms with Crippen molar-refractivity contribution < 1.29 is 18.0 Å². The van der Waals surface area contributed by atoms with Gasteiger partial charge in [-0.3, -0.25) is 9.78 Å². The Hall–Kier alpha value is -1.89. The van der Waals surface area contributed by atoms with Gasteiger partial charge in [0.15, 0.2) is 0 Å². The average molecular weight is 359 g/mol. The van der Waals surface area contributed by atoms with E-state index in [1.165, 1.54) is 12.3 Å². The van der Waals surface area contributed by atoms with Crippen LogP contribution in [0, 0.1) is 0 Å². The molecule has 1 aromatic heterocycles. The minimum atomic E-state index is -4.59. The van der Waals surface area contributed by atoms with Crippen molar-refractivity contribution in [1.29, 1.82) is 0 Å². The topological polar surface area (TPSA) is 42.0 Å². The molecule has 2 rings (SSSR count). The Morgan fingerprint density at radius 3 is 2.67 bits per heavy atom. The van der Waals surface area contributed by atoms with E-state index in [1.54, 1.807) is 18.3 Å². The summed E-state index contributed by atoms with van der Waals surface area (Å²) in [4.78, 5) is 15.8. The second-order valence-corrected chi connectivity index (χ2v) is 5.15. The van der Waals surface area contributed by atoms with Crippen molar-refractivity contribution in [3.05, 3.63) is 63.9 Å². The summed E-state index contributed by atoms with van der Waals surface area (Å²) in [5, 5.41) is 2.45. The van der Waals surface area contributed by atoms with Crippen LogP contribution in [0.25, 0.3) is 0 Å². The maximum Gasteiger partial charge on any atom is 0.417 e. The smallest absolute Gasteiger partial charge is 0.348 e. The number of nitrogens with one attached hydrogen (secondary N) is 1. The molecule has 0 radical (unpaired) electrons. The van der Waals surface area contributed by atoms with E-state index in [1.807, 2.05) is 0 Å². The summed E-state index contributed by atoms with van der Waals surface area (Å²) in [5.74, 6) is -0.779. The van der Waals surface area contributed by atoms with Crippen molar-refractivity contribution in [1.82, 2.24) is 10.3 Å². The largest absolute Gasteiger partial charge is 0.417 e. The quantitative estimate of drug-likeness (QED) is 0.906. The van der Waals surface area contributed by atoms with E-state index in [0.717, 1.165) is 12.1 Å². The van der Waals surface area contributed by atoms with Gasteiger partial charge in [-0.1, -0.05) is 22.0 Å². The van der Waals surface area contributed by atoms with Crippen molar-refractivity contribution in [2.75, 3.05) is 0 Å². The molecule has 0 unspecified atom stereocenters. The number of alkyl halides is 3. The molecule has 1 amide bonds. The summed E-state index contributed by atoms with van der Waals surface area (Å²) in [5.41, 5.74) is -0.674. The zero-order chi connectivity index (χ0) is 15.5.